The van der Waals surface area contributed by atoms with Crippen molar-refractivity contribution in [2.75, 3.05) is 16.8 Å². The average Bonchev–Trinajstić information content (AvgIpc) is 2.71. The predicted molar refractivity (Wildman–Crippen MR) is 113 cm³/mol. The lowest BCUT2D eigenvalue weighted by molar-refractivity contribution is -0.116. The molecule has 2 aromatic carbocycles. The van der Waals surface area contributed by atoms with Gasteiger partial charge in [0.25, 0.3) is 0 Å². The van der Waals surface area contributed by atoms with Gasteiger partial charge in [0.1, 0.15) is 11.6 Å². The lowest BCUT2D eigenvalue weighted by Crippen LogP contribution is -2.33. The van der Waals surface area contributed by atoms with Crippen LogP contribution in [0.4, 0.5) is 17.2 Å². The van der Waals surface area contributed by atoms with Gasteiger partial charge in [-0.05, 0) is 43.2 Å². The SMILES string of the molecule is Cc1nnc(Nc2cccc(N(CC(N)=O)Cc3ccccc3)c2)c(C#N)c1C. The number of aromatic nitrogens is 2. The molecule has 0 radical (unpaired) electrons. The molecular weight excluding hydrogens is 364 g/mol. The fraction of sp³-hybridized carbons (Fsp3) is 0.182. The number of benzene rings is 2. The van der Waals surface area contributed by atoms with Gasteiger partial charge in [-0.3, -0.25) is 4.79 Å². The number of primary amides is 1. The third-order valence-electron chi connectivity index (χ3n) is 4.60. The number of nitrogens with two attached hydrogens (primary N) is 1. The first-order valence-electron chi connectivity index (χ1n) is 9.16. The number of nitriles is 1. The highest BCUT2D eigenvalue weighted by molar-refractivity contribution is 5.80. The van der Waals surface area contributed by atoms with Crippen LogP contribution in [0.2, 0.25) is 0 Å². The van der Waals surface area contributed by atoms with Gasteiger partial charge in [-0.1, -0.05) is 36.4 Å². The molecule has 0 aliphatic heterocycles. The van der Waals surface area contributed by atoms with Gasteiger partial charge >= 0.3 is 0 Å². The normalized spacial score (nSPS) is 10.2. The van der Waals surface area contributed by atoms with Crippen molar-refractivity contribution in [2.24, 2.45) is 5.73 Å². The number of nitrogens with zero attached hydrogens (tertiary/aromatic N) is 4. The van der Waals surface area contributed by atoms with Crippen LogP contribution in [0.1, 0.15) is 22.4 Å². The van der Waals surface area contributed by atoms with E-state index in [1.54, 1.807) is 0 Å². The van der Waals surface area contributed by atoms with Crippen molar-refractivity contribution >= 4 is 23.1 Å². The molecule has 0 fully saturated rings. The lowest BCUT2D eigenvalue weighted by Gasteiger charge is -2.24. The molecule has 1 amide bonds. The summed E-state index contributed by atoms with van der Waals surface area (Å²) < 4.78 is 0. The summed E-state index contributed by atoms with van der Waals surface area (Å²) >= 11 is 0. The molecule has 0 atom stereocenters. The van der Waals surface area contributed by atoms with Crippen LogP contribution in [0.5, 0.6) is 0 Å². The summed E-state index contributed by atoms with van der Waals surface area (Å²) in [5.41, 5.74) is 10.1. The van der Waals surface area contributed by atoms with Crippen molar-refractivity contribution in [2.45, 2.75) is 20.4 Å². The number of rotatable bonds is 7. The van der Waals surface area contributed by atoms with Crippen LogP contribution >= 0.6 is 0 Å². The zero-order chi connectivity index (χ0) is 20.8. The maximum Gasteiger partial charge on any atom is 0.236 e. The second-order valence-corrected chi connectivity index (χ2v) is 6.73. The van der Waals surface area contributed by atoms with E-state index in [1.807, 2.05) is 73.3 Å². The average molecular weight is 386 g/mol. The molecule has 0 aliphatic rings. The third kappa shape index (κ3) is 4.87. The number of aryl methyl sites for hydroxylation is 1. The minimum Gasteiger partial charge on any atom is -0.368 e. The van der Waals surface area contributed by atoms with Crippen LogP contribution in [-0.2, 0) is 11.3 Å². The molecule has 0 aliphatic carbocycles. The molecule has 29 heavy (non-hydrogen) atoms. The smallest absolute Gasteiger partial charge is 0.236 e. The Labute approximate surface area is 169 Å². The van der Waals surface area contributed by atoms with Gasteiger partial charge in [0.15, 0.2) is 5.82 Å². The Morgan fingerprint density at radius 2 is 1.90 bits per heavy atom. The standard InChI is InChI=1S/C22H22N6O/c1-15-16(2)26-27-22(20(15)12-23)25-18-9-6-10-19(11-18)28(14-21(24)29)13-17-7-4-3-5-8-17/h3-11H,13-14H2,1-2H3,(H2,24,29)(H,25,27). The van der Waals surface area contributed by atoms with Crippen LogP contribution in [0.15, 0.2) is 54.6 Å². The number of anilines is 3. The van der Waals surface area contributed by atoms with E-state index < -0.39 is 5.91 Å². The topological polar surface area (TPSA) is 108 Å². The maximum absolute atomic E-state index is 11.6. The van der Waals surface area contributed by atoms with Crippen molar-refractivity contribution < 1.29 is 4.79 Å². The molecule has 1 aromatic heterocycles. The van der Waals surface area contributed by atoms with E-state index in [9.17, 15) is 10.1 Å². The molecule has 146 valence electrons. The van der Waals surface area contributed by atoms with E-state index in [0.29, 0.717) is 17.9 Å². The van der Waals surface area contributed by atoms with Crippen molar-refractivity contribution in [3.63, 3.8) is 0 Å². The highest BCUT2D eigenvalue weighted by Gasteiger charge is 2.14. The summed E-state index contributed by atoms with van der Waals surface area (Å²) in [5.74, 6) is -0.0108. The molecule has 0 saturated heterocycles. The first-order chi connectivity index (χ1) is 14.0. The summed E-state index contributed by atoms with van der Waals surface area (Å²) in [5, 5.41) is 20.9. The van der Waals surface area contributed by atoms with Crippen LogP contribution in [0.3, 0.4) is 0 Å². The quantitative estimate of drug-likeness (QED) is 0.645. The largest absolute Gasteiger partial charge is 0.368 e. The Hall–Kier alpha value is -3.92. The van der Waals surface area contributed by atoms with E-state index in [4.69, 9.17) is 5.73 Å². The number of hydrogen-bond donors (Lipinski definition) is 2. The van der Waals surface area contributed by atoms with Gasteiger partial charge < -0.3 is 16.0 Å². The molecule has 0 unspecified atom stereocenters. The van der Waals surface area contributed by atoms with Crippen LogP contribution in [0.25, 0.3) is 0 Å². The molecule has 0 spiro atoms. The summed E-state index contributed by atoms with van der Waals surface area (Å²) in [6.07, 6.45) is 0. The lowest BCUT2D eigenvalue weighted by atomic mass is 10.1. The zero-order valence-corrected chi connectivity index (χ0v) is 16.4. The molecular formula is C22H22N6O. The number of amides is 1. The maximum atomic E-state index is 11.6. The Kier molecular flexibility index (Phi) is 6.05. The second kappa shape index (κ2) is 8.85. The molecule has 3 rings (SSSR count). The first kappa shape index (κ1) is 19.8. The van der Waals surface area contributed by atoms with E-state index in [0.717, 1.165) is 28.2 Å². The van der Waals surface area contributed by atoms with Gasteiger partial charge in [-0.2, -0.15) is 10.4 Å². The summed E-state index contributed by atoms with van der Waals surface area (Å²) in [7, 11) is 0. The third-order valence-corrected chi connectivity index (χ3v) is 4.60. The zero-order valence-electron chi connectivity index (χ0n) is 16.4. The van der Waals surface area contributed by atoms with Crippen molar-refractivity contribution in [3.8, 4) is 6.07 Å². The molecule has 3 aromatic rings. The number of nitrogens with one attached hydrogen (secondary N) is 1. The van der Waals surface area contributed by atoms with Crippen LogP contribution in [0, 0.1) is 25.2 Å². The summed E-state index contributed by atoms with van der Waals surface area (Å²) in [6, 6.07) is 19.6. The Morgan fingerprint density at radius 1 is 1.14 bits per heavy atom. The van der Waals surface area contributed by atoms with Gasteiger partial charge in [-0.25, -0.2) is 0 Å². The number of hydrogen-bond acceptors (Lipinski definition) is 6. The van der Waals surface area contributed by atoms with Crippen molar-refractivity contribution in [1.82, 2.24) is 10.2 Å². The highest BCUT2D eigenvalue weighted by Crippen LogP contribution is 2.26. The second-order valence-electron chi connectivity index (χ2n) is 6.73. The Balaban J connectivity index is 1.90. The molecule has 3 N–H and O–H groups in total. The fourth-order valence-electron chi connectivity index (χ4n) is 2.98. The minimum absolute atomic E-state index is 0.0885. The minimum atomic E-state index is -0.411. The number of carbonyl (C=O) groups excluding carboxylic acids is 1. The summed E-state index contributed by atoms with van der Waals surface area (Å²) in [6.45, 7) is 4.29. The highest BCUT2D eigenvalue weighted by atomic mass is 16.1. The van der Waals surface area contributed by atoms with E-state index in [-0.39, 0.29) is 6.54 Å². The van der Waals surface area contributed by atoms with Gasteiger partial charge in [-0.15, -0.1) is 5.10 Å². The van der Waals surface area contributed by atoms with Gasteiger partial charge in [0.2, 0.25) is 5.91 Å². The molecule has 0 bridgehead atoms. The molecule has 1 heterocycles. The Morgan fingerprint density at radius 3 is 2.59 bits per heavy atom. The monoisotopic (exact) mass is 386 g/mol. The Bertz CT molecular complexity index is 1060. The fourth-order valence-corrected chi connectivity index (χ4v) is 2.98. The van der Waals surface area contributed by atoms with E-state index in [2.05, 4.69) is 21.6 Å². The first-order valence-corrected chi connectivity index (χ1v) is 9.16. The van der Waals surface area contributed by atoms with E-state index >= 15 is 0 Å². The van der Waals surface area contributed by atoms with Crippen molar-refractivity contribution in [1.29, 1.82) is 5.26 Å². The molecule has 7 nitrogen and oxygen atoms in total. The van der Waals surface area contributed by atoms with Gasteiger partial charge in [0, 0.05) is 17.9 Å². The van der Waals surface area contributed by atoms with Crippen LogP contribution < -0.4 is 16.0 Å². The number of carbonyl (C=O) groups is 1. The van der Waals surface area contributed by atoms with E-state index in [1.165, 1.54) is 0 Å². The molecule has 0 saturated carbocycles. The van der Waals surface area contributed by atoms with Gasteiger partial charge in [0.05, 0.1) is 12.2 Å². The predicted octanol–water partition coefficient (Wildman–Crippen LogP) is 3.20. The molecule has 7 heteroatoms. The van der Waals surface area contributed by atoms with Crippen molar-refractivity contribution in [3.05, 3.63) is 77.0 Å². The summed E-state index contributed by atoms with van der Waals surface area (Å²) in [4.78, 5) is 13.5. The van der Waals surface area contributed by atoms with Crippen LogP contribution in [-0.4, -0.2) is 22.6 Å².